The molecule has 2 aliphatic rings. The van der Waals surface area contributed by atoms with Crippen LogP contribution in [-0.2, 0) is 51.5 Å². The summed E-state index contributed by atoms with van der Waals surface area (Å²) in [5.74, 6) is -1.06. The third kappa shape index (κ3) is 9.88. The number of rotatable bonds is 8. The van der Waals surface area contributed by atoms with E-state index in [-0.39, 0.29) is 22.7 Å². The van der Waals surface area contributed by atoms with Gasteiger partial charge in [-0.25, -0.2) is 9.64 Å². The number of hydrogen-bond acceptors (Lipinski definition) is 6. The normalized spacial score (nSPS) is 14.2. The van der Waals surface area contributed by atoms with Crippen LogP contribution in [-0.4, -0.2) is 56.3 Å². The number of amides is 1. The van der Waals surface area contributed by atoms with Gasteiger partial charge in [-0.15, -0.1) is 0 Å². The first-order valence-corrected chi connectivity index (χ1v) is 20.2. The van der Waals surface area contributed by atoms with Gasteiger partial charge in [-0.2, -0.15) is 15.3 Å². The standard InChI is InChI=1S/C18H19ClN4O.C9H6ClNO2.C9H15N3.C7H9N3/c1-3-14-13(10-23(2)22-14)18(6-7-18)21-17(24)16-9-11-8-12(19)4-5-15(11)20-16;10-6-1-2-7-5(3-6)4-8(11-7)9(12)13;1-3-8-7(6-12(2)11-8)9(10)4-5-9;1-4-6-7(8-2)5-10(3)9-6/h4-5,8-10,20H,3,6-7H2,1-2H3,(H,21,24);1-4,11H,(H,12,13);6H,3-5,10H2,1-2H3;5H,4H2,1,3H3. The van der Waals surface area contributed by atoms with Gasteiger partial charge < -0.3 is 26.1 Å². The third-order valence-electron chi connectivity index (χ3n) is 10.4. The lowest BCUT2D eigenvalue weighted by atomic mass is 10.0. The number of aromatic carboxylic acids is 1. The Morgan fingerprint density at radius 3 is 1.71 bits per heavy atom. The molecule has 0 aliphatic heterocycles. The van der Waals surface area contributed by atoms with Crippen molar-refractivity contribution in [3.05, 3.63) is 128 Å². The zero-order valence-electron chi connectivity index (χ0n) is 34.0. The second kappa shape index (κ2) is 17.5. The van der Waals surface area contributed by atoms with E-state index in [1.54, 1.807) is 35.1 Å². The summed E-state index contributed by atoms with van der Waals surface area (Å²) in [4.78, 5) is 32.6. The van der Waals surface area contributed by atoms with Gasteiger partial charge in [0.15, 0.2) is 0 Å². The lowest BCUT2D eigenvalue weighted by Crippen LogP contribution is -2.35. The maximum atomic E-state index is 12.7. The largest absolute Gasteiger partial charge is 0.477 e. The fraction of sp³-hybridized carbons (Fsp3) is 0.349. The van der Waals surface area contributed by atoms with Crippen molar-refractivity contribution < 1.29 is 14.7 Å². The Hall–Kier alpha value is -5.88. The number of carbonyl (C=O) groups excluding carboxylic acids is 1. The van der Waals surface area contributed by atoms with E-state index in [0.29, 0.717) is 21.4 Å². The van der Waals surface area contributed by atoms with Crippen molar-refractivity contribution in [3.63, 3.8) is 0 Å². The molecule has 14 nitrogen and oxygen atoms in total. The molecule has 5 aromatic heterocycles. The van der Waals surface area contributed by atoms with Crippen LogP contribution >= 0.6 is 23.2 Å². The minimum absolute atomic E-state index is 0.0282. The Morgan fingerprint density at radius 1 is 0.763 bits per heavy atom. The molecule has 0 radical (unpaired) electrons. The number of carboxylic acid groups (broad SMARTS) is 1. The number of carbonyl (C=O) groups is 2. The summed E-state index contributed by atoms with van der Waals surface area (Å²) in [7, 11) is 5.70. The van der Waals surface area contributed by atoms with Crippen LogP contribution in [0.2, 0.25) is 10.0 Å². The maximum Gasteiger partial charge on any atom is 0.352 e. The van der Waals surface area contributed by atoms with Crippen LogP contribution < -0.4 is 11.1 Å². The van der Waals surface area contributed by atoms with E-state index in [4.69, 9.17) is 40.6 Å². The van der Waals surface area contributed by atoms with Crippen molar-refractivity contribution in [1.82, 2.24) is 44.6 Å². The van der Waals surface area contributed by atoms with Crippen molar-refractivity contribution in [3.8, 4) is 0 Å². The van der Waals surface area contributed by atoms with E-state index in [1.165, 1.54) is 5.56 Å². The topological polar surface area (TPSA) is 182 Å². The molecular formula is C43H49Cl2N11O3. The number of H-pyrrole nitrogens is 2. The van der Waals surface area contributed by atoms with Gasteiger partial charge in [-0.05, 0) is 93.5 Å². The number of carboxylic acids is 1. The predicted molar refractivity (Wildman–Crippen MR) is 231 cm³/mol. The number of halogens is 2. The van der Waals surface area contributed by atoms with E-state index >= 15 is 0 Å². The molecule has 9 rings (SSSR count). The second-order valence-corrected chi connectivity index (χ2v) is 15.8. The molecule has 0 bridgehead atoms. The minimum Gasteiger partial charge on any atom is -0.477 e. The first-order chi connectivity index (χ1) is 28.1. The summed E-state index contributed by atoms with van der Waals surface area (Å²) in [5.41, 5.74) is 14.4. The van der Waals surface area contributed by atoms with Crippen LogP contribution in [0.3, 0.4) is 0 Å². The summed E-state index contributed by atoms with van der Waals surface area (Å²) in [5, 5.41) is 27.9. The fourth-order valence-corrected chi connectivity index (χ4v) is 7.36. The number of aromatic amines is 2. The summed E-state index contributed by atoms with van der Waals surface area (Å²) >= 11 is 11.8. The highest BCUT2D eigenvalue weighted by atomic mass is 35.5. The van der Waals surface area contributed by atoms with Crippen LogP contribution in [0, 0.1) is 6.57 Å². The highest BCUT2D eigenvalue weighted by Gasteiger charge is 2.48. The van der Waals surface area contributed by atoms with Crippen molar-refractivity contribution in [2.75, 3.05) is 0 Å². The number of hydrogen-bond donors (Lipinski definition) is 5. The van der Waals surface area contributed by atoms with E-state index < -0.39 is 5.97 Å². The minimum atomic E-state index is -0.965. The van der Waals surface area contributed by atoms with Crippen molar-refractivity contribution in [2.45, 2.75) is 76.8 Å². The smallest absolute Gasteiger partial charge is 0.352 e. The van der Waals surface area contributed by atoms with E-state index in [2.05, 4.69) is 55.5 Å². The van der Waals surface area contributed by atoms with Crippen LogP contribution in [0.4, 0.5) is 5.69 Å². The average molecular weight is 839 g/mol. The highest BCUT2D eigenvalue weighted by Crippen LogP contribution is 2.47. The van der Waals surface area contributed by atoms with Gasteiger partial charge in [0.05, 0.1) is 29.2 Å². The molecule has 16 heteroatoms. The lowest BCUT2D eigenvalue weighted by Gasteiger charge is -2.17. The molecule has 1 amide bonds. The first-order valence-electron chi connectivity index (χ1n) is 19.5. The summed E-state index contributed by atoms with van der Waals surface area (Å²) in [6, 6.07) is 14.1. The molecule has 2 aromatic carbocycles. The zero-order valence-corrected chi connectivity index (χ0v) is 35.5. The number of nitrogens with two attached hydrogens (primary N) is 1. The molecule has 0 saturated heterocycles. The van der Waals surface area contributed by atoms with E-state index in [1.807, 2.05) is 67.9 Å². The second-order valence-electron chi connectivity index (χ2n) is 15.0. The quantitative estimate of drug-likeness (QED) is 0.0951. The number of nitrogens with one attached hydrogen (secondary N) is 3. The first kappa shape index (κ1) is 42.7. The molecule has 7 aromatic rings. The van der Waals surface area contributed by atoms with Gasteiger partial charge in [-0.1, -0.05) is 44.0 Å². The van der Waals surface area contributed by atoms with Crippen molar-refractivity contribution in [1.29, 1.82) is 0 Å². The number of benzene rings is 2. The van der Waals surface area contributed by atoms with Crippen molar-refractivity contribution >= 4 is 62.6 Å². The molecule has 6 N–H and O–H groups in total. The molecule has 2 aliphatic carbocycles. The molecule has 0 atom stereocenters. The number of aryl methyl sites for hydroxylation is 6. The summed E-state index contributed by atoms with van der Waals surface area (Å²) in [6.45, 7) is 13.0. The Labute approximate surface area is 352 Å². The number of fused-ring (bicyclic) bond motifs is 2. The van der Waals surface area contributed by atoms with Crippen LogP contribution in [0.1, 0.15) is 95.6 Å². The van der Waals surface area contributed by atoms with E-state index in [0.717, 1.165) is 89.4 Å². The van der Waals surface area contributed by atoms with Crippen LogP contribution in [0.25, 0.3) is 26.7 Å². The molecular weight excluding hydrogens is 789 g/mol. The van der Waals surface area contributed by atoms with Gasteiger partial charge in [0.25, 0.3) is 5.91 Å². The predicted octanol–water partition coefficient (Wildman–Crippen LogP) is 8.52. The van der Waals surface area contributed by atoms with Crippen LogP contribution in [0.5, 0.6) is 0 Å². The van der Waals surface area contributed by atoms with Crippen LogP contribution in [0.15, 0.2) is 67.1 Å². The van der Waals surface area contributed by atoms with Gasteiger partial charge in [-0.3, -0.25) is 18.8 Å². The molecule has 2 saturated carbocycles. The SMILES string of the molecule is CCc1nn(C)cc1C1(N)CC1.CCc1nn(C)cc1C1(NC(=O)c2cc3cc(Cl)ccc3[nH]2)CC1.O=C(O)c1cc2cc(Cl)ccc2[nH]1.[C-]#[N+]c1cn(C)nc1CC. The molecule has 308 valence electrons. The van der Waals surface area contributed by atoms with Gasteiger partial charge in [0.2, 0.25) is 5.69 Å². The third-order valence-corrected chi connectivity index (χ3v) is 10.9. The van der Waals surface area contributed by atoms with E-state index in [9.17, 15) is 9.59 Å². The molecule has 59 heavy (non-hydrogen) atoms. The molecule has 0 unspecified atom stereocenters. The average Bonchev–Trinajstić information content (AvgIpc) is 3.72. The number of aromatic nitrogens is 8. The van der Waals surface area contributed by atoms with Gasteiger partial charge in [0, 0.05) is 88.3 Å². The lowest BCUT2D eigenvalue weighted by molar-refractivity contribution is 0.0691. The highest BCUT2D eigenvalue weighted by molar-refractivity contribution is 6.31. The van der Waals surface area contributed by atoms with Gasteiger partial charge in [0.1, 0.15) is 11.4 Å². The Bertz CT molecular complexity index is 2670. The fourth-order valence-electron chi connectivity index (χ4n) is 6.99. The molecule has 2 fully saturated rings. The Morgan fingerprint density at radius 2 is 1.24 bits per heavy atom. The summed E-state index contributed by atoms with van der Waals surface area (Å²) in [6.07, 6.45) is 12.6. The summed E-state index contributed by atoms with van der Waals surface area (Å²) < 4.78 is 5.36. The molecule has 0 spiro atoms. The Balaban J connectivity index is 0.000000142. The maximum absolute atomic E-state index is 12.7. The molecule has 5 heterocycles. The van der Waals surface area contributed by atoms with Gasteiger partial charge >= 0.3 is 5.97 Å². The monoisotopic (exact) mass is 837 g/mol. The van der Waals surface area contributed by atoms with Crippen molar-refractivity contribution in [2.24, 2.45) is 26.9 Å². The Kier molecular flexibility index (Phi) is 12.7. The zero-order chi connectivity index (χ0) is 42.6. The number of nitrogens with zero attached hydrogens (tertiary/aromatic N) is 7.